The average Bonchev–Trinajstić information content (AvgIpc) is 2.29. The van der Waals surface area contributed by atoms with Crippen LogP contribution in [0.1, 0.15) is 24.6 Å². The van der Waals surface area contributed by atoms with E-state index in [1.807, 2.05) is 0 Å². The predicted molar refractivity (Wildman–Crippen MR) is 56.1 cm³/mol. The molecule has 0 saturated heterocycles. The van der Waals surface area contributed by atoms with Gasteiger partial charge in [-0.25, -0.2) is 0 Å². The van der Waals surface area contributed by atoms with Crippen molar-refractivity contribution < 1.29 is 17.9 Å². The Morgan fingerprint density at radius 3 is 2.76 bits per heavy atom. The van der Waals surface area contributed by atoms with Crippen LogP contribution in [-0.4, -0.2) is 18.3 Å². The summed E-state index contributed by atoms with van der Waals surface area (Å²) in [5.74, 6) is 5.66. The number of nitrogens with zero attached hydrogens (tertiary/aromatic N) is 1. The second-order valence-electron chi connectivity index (χ2n) is 3.46. The van der Waals surface area contributed by atoms with E-state index in [0.717, 1.165) is 0 Å². The molecule has 1 rings (SSSR count). The summed E-state index contributed by atoms with van der Waals surface area (Å²) in [7, 11) is 1.43. The van der Waals surface area contributed by atoms with Crippen molar-refractivity contribution in [1.29, 1.82) is 0 Å². The number of nitrogens with one attached hydrogen (secondary N) is 1. The molecule has 0 radical (unpaired) electrons. The average molecular weight is 249 g/mol. The Morgan fingerprint density at radius 1 is 1.53 bits per heavy atom. The van der Waals surface area contributed by atoms with E-state index in [1.165, 1.54) is 13.3 Å². The number of halogens is 3. The zero-order valence-electron chi connectivity index (χ0n) is 9.29. The van der Waals surface area contributed by atoms with Crippen molar-refractivity contribution in [3.63, 3.8) is 0 Å². The Balaban J connectivity index is 2.79. The van der Waals surface area contributed by atoms with Crippen molar-refractivity contribution >= 4 is 0 Å². The van der Waals surface area contributed by atoms with Crippen LogP contribution in [0.4, 0.5) is 13.2 Å². The van der Waals surface area contributed by atoms with Gasteiger partial charge in [-0.2, -0.15) is 13.2 Å². The first-order chi connectivity index (χ1) is 7.98. The molecule has 0 spiro atoms. The second kappa shape index (κ2) is 5.83. The fourth-order valence-corrected chi connectivity index (χ4v) is 1.44. The number of hydrogen-bond acceptors (Lipinski definition) is 4. The van der Waals surface area contributed by atoms with Crippen molar-refractivity contribution in [3.05, 3.63) is 24.0 Å². The van der Waals surface area contributed by atoms with Crippen LogP contribution in [0, 0.1) is 0 Å². The van der Waals surface area contributed by atoms with Crippen LogP contribution in [0.25, 0.3) is 0 Å². The summed E-state index contributed by atoms with van der Waals surface area (Å²) in [4.78, 5) is 3.99. The number of rotatable bonds is 5. The normalized spacial score (nSPS) is 13.5. The third kappa shape index (κ3) is 4.20. The molecule has 1 aromatic heterocycles. The zero-order chi connectivity index (χ0) is 12.9. The number of pyridine rings is 1. The van der Waals surface area contributed by atoms with Crippen LogP contribution in [0.3, 0.4) is 0 Å². The largest absolute Gasteiger partial charge is 0.495 e. The number of hydrogen-bond donors (Lipinski definition) is 2. The maximum Gasteiger partial charge on any atom is 0.389 e. The van der Waals surface area contributed by atoms with Gasteiger partial charge < -0.3 is 4.74 Å². The first-order valence-electron chi connectivity index (χ1n) is 4.99. The van der Waals surface area contributed by atoms with Crippen LogP contribution >= 0.6 is 0 Å². The zero-order valence-corrected chi connectivity index (χ0v) is 9.29. The van der Waals surface area contributed by atoms with E-state index >= 15 is 0 Å². The van der Waals surface area contributed by atoms with E-state index in [2.05, 4.69) is 10.4 Å². The van der Waals surface area contributed by atoms with Crippen LogP contribution in [0.5, 0.6) is 5.75 Å². The highest BCUT2D eigenvalue weighted by atomic mass is 19.4. The number of ether oxygens (including phenoxy) is 1. The molecule has 7 heteroatoms. The molecule has 0 fully saturated rings. The van der Waals surface area contributed by atoms with Crippen LogP contribution in [0.2, 0.25) is 0 Å². The quantitative estimate of drug-likeness (QED) is 0.618. The summed E-state index contributed by atoms with van der Waals surface area (Å²) in [5.41, 5.74) is 2.70. The molecule has 1 unspecified atom stereocenters. The molecule has 0 saturated carbocycles. The van der Waals surface area contributed by atoms with Gasteiger partial charge in [-0.15, -0.1) is 0 Å². The molecule has 0 aliphatic rings. The van der Waals surface area contributed by atoms with Gasteiger partial charge in [0.2, 0.25) is 0 Å². The first-order valence-corrected chi connectivity index (χ1v) is 4.99. The molecule has 0 bridgehead atoms. The minimum atomic E-state index is -4.21. The number of alkyl halides is 3. The van der Waals surface area contributed by atoms with E-state index < -0.39 is 18.6 Å². The fraction of sp³-hybridized carbons (Fsp3) is 0.500. The Morgan fingerprint density at radius 2 is 2.24 bits per heavy atom. The lowest BCUT2D eigenvalue weighted by molar-refractivity contribution is -0.136. The van der Waals surface area contributed by atoms with E-state index in [4.69, 9.17) is 10.6 Å². The predicted octanol–water partition coefficient (Wildman–Crippen LogP) is 1.94. The number of nitrogens with two attached hydrogens (primary N) is 1. The Hall–Kier alpha value is -1.34. The Bertz CT molecular complexity index is 357. The molecule has 1 aromatic rings. The fourth-order valence-electron chi connectivity index (χ4n) is 1.44. The lowest BCUT2D eigenvalue weighted by Gasteiger charge is -2.18. The number of hydrazine groups is 1. The molecular weight excluding hydrogens is 235 g/mol. The standard InChI is InChI=1S/C10H14F3N3O/c1-17-8-3-2-6-15-9(8)7(16-14)4-5-10(11,12)13/h2-3,6-7,16H,4-5,14H2,1H3. The van der Waals surface area contributed by atoms with Gasteiger partial charge in [0, 0.05) is 12.6 Å². The summed E-state index contributed by atoms with van der Waals surface area (Å²) in [6.45, 7) is 0. The summed E-state index contributed by atoms with van der Waals surface area (Å²) in [5, 5.41) is 0. The van der Waals surface area contributed by atoms with Crippen molar-refractivity contribution in [2.45, 2.75) is 25.1 Å². The van der Waals surface area contributed by atoms with Gasteiger partial charge in [-0.05, 0) is 18.6 Å². The van der Waals surface area contributed by atoms with Crippen molar-refractivity contribution in [3.8, 4) is 5.75 Å². The van der Waals surface area contributed by atoms with Crippen LogP contribution < -0.4 is 16.0 Å². The molecule has 0 aliphatic heterocycles. The topological polar surface area (TPSA) is 60.2 Å². The van der Waals surface area contributed by atoms with E-state index in [9.17, 15) is 13.2 Å². The molecule has 0 amide bonds. The minimum absolute atomic E-state index is 0.187. The van der Waals surface area contributed by atoms with Crippen LogP contribution in [-0.2, 0) is 0 Å². The summed E-state index contributed by atoms with van der Waals surface area (Å²) >= 11 is 0. The van der Waals surface area contributed by atoms with Crippen molar-refractivity contribution in [1.82, 2.24) is 10.4 Å². The molecule has 1 heterocycles. The molecule has 3 N–H and O–H groups in total. The second-order valence-corrected chi connectivity index (χ2v) is 3.46. The van der Waals surface area contributed by atoms with Gasteiger partial charge in [-0.3, -0.25) is 16.3 Å². The van der Waals surface area contributed by atoms with Gasteiger partial charge in [0.1, 0.15) is 11.4 Å². The van der Waals surface area contributed by atoms with Crippen LogP contribution in [0.15, 0.2) is 18.3 Å². The molecule has 96 valence electrons. The lowest BCUT2D eigenvalue weighted by atomic mass is 10.1. The SMILES string of the molecule is COc1cccnc1C(CCC(F)(F)F)NN. The number of aromatic nitrogens is 1. The summed E-state index contributed by atoms with van der Waals surface area (Å²) in [6, 6.07) is 2.58. The Kier molecular flexibility index (Phi) is 4.71. The summed E-state index contributed by atoms with van der Waals surface area (Å²) in [6.07, 6.45) is -3.85. The van der Waals surface area contributed by atoms with Gasteiger partial charge in [0.25, 0.3) is 0 Å². The third-order valence-electron chi connectivity index (χ3n) is 2.27. The highest BCUT2D eigenvalue weighted by Gasteiger charge is 2.29. The monoisotopic (exact) mass is 249 g/mol. The van der Waals surface area contributed by atoms with E-state index in [0.29, 0.717) is 11.4 Å². The minimum Gasteiger partial charge on any atom is -0.495 e. The molecule has 1 atom stereocenters. The van der Waals surface area contributed by atoms with E-state index in [1.54, 1.807) is 12.1 Å². The maximum absolute atomic E-state index is 12.1. The van der Waals surface area contributed by atoms with E-state index in [-0.39, 0.29) is 6.42 Å². The smallest absolute Gasteiger partial charge is 0.389 e. The first kappa shape index (κ1) is 13.7. The number of methoxy groups -OCH3 is 1. The molecule has 0 aromatic carbocycles. The van der Waals surface area contributed by atoms with Gasteiger partial charge >= 0.3 is 6.18 Å². The summed E-state index contributed by atoms with van der Waals surface area (Å²) < 4.78 is 41.4. The molecular formula is C10H14F3N3O. The third-order valence-corrected chi connectivity index (χ3v) is 2.27. The highest BCUT2D eigenvalue weighted by Crippen LogP contribution is 2.29. The van der Waals surface area contributed by atoms with Crippen molar-refractivity contribution in [2.24, 2.45) is 5.84 Å². The van der Waals surface area contributed by atoms with Gasteiger partial charge in [0.05, 0.1) is 13.2 Å². The maximum atomic E-state index is 12.1. The van der Waals surface area contributed by atoms with Gasteiger partial charge in [0.15, 0.2) is 0 Å². The lowest BCUT2D eigenvalue weighted by Crippen LogP contribution is -2.30. The molecule has 17 heavy (non-hydrogen) atoms. The highest BCUT2D eigenvalue weighted by molar-refractivity contribution is 5.29. The molecule has 4 nitrogen and oxygen atoms in total. The Labute approximate surface area is 96.9 Å². The van der Waals surface area contributed by atoms with Crippen molar-refractivity contribution in [2.75, 3.05) is 7.11 Å². The molecule has 0 aliphatic carbocycles. The van der Waals surface area contributed by atoms with Gasteiger partial charge in [-0.1, -0.05) is 0 Å².